The minimum atomic E-state index is -0.0824. The van der Waals surface area contributed by atoms with Gasteiger partial charge in [0.1, 0.15) is 0 Å². The molecule has 0 aliphatic carbocycles. The van der Waals surface area contributed by atoms with Gasteiger partial charge in [-0.3, -0.25) is 4.79 Å². The molecule has 23 heavy (non-hydrogen) atoms. The fraction of sp³-hybridized carbons (Fsp3) is 0.444. The number of nitrogens with one attached hydrogen (secondary N) is 1. The Bertz CT molecular complexity index is 658. The van der Waals surface area contributed by atoms with Gasteiger partial charge in [0.15, 0.2) is 0 Å². The third kappa shape index (κ3) is 4.42. The Morgan fingerprint density at radius 3 is 2.39 bits per heavy atom. The van der Waals surface area contributed by atoms with Crippen LogP contribution in [-0.2, 0) is 0 Å². The number of carbonyl (C=O) groups is 1. The van der Waals surface area contributed by atoms with Crippen LogP contribution in [0.25, 0.3) is 5.69 Å². The quantitative estimate of drug-likeness (QED) is 0.861. The number of carbonyl (C=O) groups excluding carboxylic acids is 1. The molecular weight excluding hydrogens is 288 g/mol. The third-order valence-corrected chi connectivity index (χ3v) is 3.76. The summed E-state index contributed by atoms with van der Waals surface area (Å²) in [7, 11) is 0. The predicted molar refractivity (Wildman–Crippen MR) is 92.8 cm³/mol. The number of aromatic nitrogens is 2. The number of nitrogens with two attached hydrogens (primary N) is 1. The molecule has 124 valence electrons. The average Bonchev–Trinajstić information content (AvgIpc) is 2.84. The third-order valence-electron chi connectivity index (χ3n) is 3.76. The summed E-state index contributed by atoms with van der Waals surface area (Å²) in [6.45, 7) is 8.68. The average molecular weight is 314 g/mol. The summed E-state index contributed by atoms with van der Waals surface area (Å²) >= 11 is 0. The van der Waals surface area contributed by atoms with Crippen molar-refractivity contribution in [3.63, 3.8) is 0 Å². The van der Waals surface area contributed by atoms with E-state index in [1.54, 1.807) is 0 Å². The molecule has 0 fully saturated rings. The van der Waals surface area contributed by atoms with E-state index in [2.05, 4.69) is 24.3 Å². The summed E-state index contributed by atoms with van der Waals surface area (Å²) in [5, 5.41) is 7.45. The molecule has 0 saturated carbocycles. The molecule has 2 rings (SSSR count). The van der Waals surface area contributed by atoms with Crippen LogP contribution in [0.5, 0.6) is 0 Å². The largest absolute Gasteiger partial charge is 0.348 e. The molecule has 0 bridgehead atoms. The lowest BCUT2D eigenvalue weighted by atomic mass is 10.0. The summed E-state index contributed by atoms with van der Waals surface area (Å²) in [6, 6.07) is 9.51. The summed E-state index contributed by atoms with van der Waals surface area (Å²) in [6.07, 6.45) is 0.881. The first-order chi connectivity index (χ1) is 10.9. The van der Waals surface area contributed by atoms with Crippen molar-refractivity contribution in [3.05, 3.63) is 47.3 Å². The van der Waals surface area contributed by atoms with Crippen LogP contribution in [0.15, 0.2) is 30.3 Å². The zero-order chi connectivity index (χ0) is 17.0. The molecule has 0 radical (unpaired) electrons. The highest BCUT2D eigenvalue weighted by Gasteiger charge is 2.14. The fourth-order valence-electron chi connectivity index (χ4n) is 2.70. The molecule has 1 heterocycles. The molecule has 5 nitrogen and oxygen atoms in total. The molecule has 0 spiro atoms. The zero-order valence-corrected chi connectivity index (χ0v) is 14.3. The van der Waals surface area contributed by atoms with Crippen LogP contribution in [-0.4, -0.2) is 28.3 Å². The molecule has 1 aromatic heterocycles. The van der Waals surface area contributed by atoms with Crippen LogP contribution in [0.3, 0.4) is 0 Å². The second-order valence-electron chi connectivity index (χ2n) is 6.42. The highest BCUT2D eigenvalue weighted by Crippen LogP contribution is 2.13. The van der Waals surface area contributed by atoms with E-state index in [0.29, 0.717) is 18.0 Å². The van der Waals surface area contributed by atoms with Crippen molar-refractivity contribution in [1.82, 2.24) is 15.1 Å². The van der Waals surface area contributed by atoms with Gasteiger partial charge in [0, 0.05) is 23.8 Å². The molecular formula is C18H26N4O. The lowest BCUT2D eigenvalue weighted by molar-refractivity contribution is 0.0934. The van der Waals surface area contributed by atoms with Gasteiger partial charge in [-0.05, 0) is 56.5 Å². The molecule has 3 N–H and O–H groups in total. The maximum absolute atomic E-state index is 12.3. The van der Waals surface area contributed by atoms with E-state index in [4.69, 9.17) is 5.73 Å². The van der Waals surface area contributed by atoms with E-state index in [9.17, 15) is 4.79 Å². The van der Waals surface area contributed by atoms with Gasteiger partial charge in [0.25, 0.3) is 5.91 Å². The van der Waals surface area contributed by atoms with Crippen molar-refractivity contribution >= 4 is 5.91 Å². The van der Waals surface area contributed by atoms with E-state index >= 15 is 0 Å². The van der Waals surface area contributed by atoms with Crippen molar-refractivity contribution in [1.29, 1.82) is 0 Å². The van der Waals surface area contributed by atoms with Gasteiger partial charge >= 0.3 is 0 Å². The van der Waals surface area contributed by atoms with Crippen LogP contribution < -0.4 is 11.1 Å². The summed E-state index contributed by atoms with van der Waals surface area (Å²) in [5.41, 5.74) is 9.37. The van der Waals surface area contributed by atoms with Crippen LogP contribution in [0.4, 0.5) is 0 Å². The van der Waals surface area contributed by atoms with Crippen molar-refractivity contribution in [2.24, 2.45) is 11.7 Å². The molecule has 1 unspecified atom stereocenters. The molecule has 1 amide bonds. The fourth-order valence-corrected chi connectivity index (χ4v) is 2.70. The predicted octanol–water partition coefficient (Wildman–Crippen LogP) is 2.59. The Balaban J connectivity index is 2.09. The van der Waals surface area contributed by atoms with Crippen molar-refractivity contribution < 1.29 is 4.79 Å². The first kappa shape index (κ1) is 17.2. The summed E-state index contributed by atoms with van der Waals surface area (Å²) in [5.74, 6) is 0.415. The standard InChI is InChI=1S/C18H26N4O/c1-12(2)9-16(11-19)20-18(23)15-5-7-17(8-6-15)22-14(4)10-13(3)21-22/h5-8,10,12,16H,9,11,19H2,1-4H3,(H,20,23). The highest BCUT2D eigenvalue weighted by molar-refractivity contribution is 5.94. The number of hydrogen-bond donors (Lipinski definition) is 2. The lowest BCUT2D eigenvalue weighted by Gasteiger charge is -2.19. The number of nitrogens with zero attached hydrogens (tertiary/aromatic N) is 2. The molecule has 5 heteroatoms. The summed E-state index contributed by atoms with van der Waals surface area (Å²) in [4.78, 5) is 12.3. The van der Waals surface area contributed by atoms with Crippen LogP contribution in [0.2, 0.25) is 0 Å². The maximum atomic E-state index is 12.3. The zero-order valence-electron chi connectivity index (χ0n) is 14.3. The number of aryl methyl sites for hydroxylation is 2. The molecule has 2 aromatic rings. The van der Waals surface area contributed by atoms with Crippen molar-refractivity contribution in [2.75, 3.05) is 6.54 Å². The molecule has 0 aliphatic heterocycles. The van der Waals surface area contributed by atoms with E-state index in [0.717, 1.165) is 23.5 Å². The molecule has 1 atom stereocenters. The normalized spacial score (nSPS) is 12.4. The van der Waals surface area contributed by atoms with Crippen LogP contribution >= 0.6 is 0 Å². The second kappa shape index (κ2) is 7.42. The smallest absolute Gasteiger partial charge is 0.251 e. The number of benzene rings is 1. The minimum Gasteiger partial charge on any atom is -0.348 e. The number of hydrogen-bond acceptors (Lipinski definition) is 3. The highest BCUT2D eigenvalue weighted by atomic mass is 16.1. The monoisotopic (exact) mass is 314 g/mol. The first-order valence-electron chi connectivity index (χ1n) is 8.05. The maximum Gasteiger partial charge on any atom is 0.251 e. The van der Waals surface area contributed by atoms with Crippen LogP contribution in [0, 0.1) is 19.8 Å². The second-order valence-corrected chi connectivity index (χ2v) is 6.42. The minimum absolute atomic E-state index is 0.0122. The number of rotatable bonds is 6. The van der Waals surface area contributed by atoms with Gasteiger partial charge in [-0.15, -0.1) is 0 Å². The van der Waals surface area contributed by atoms with Crippen LogP contribution in [0.1, 0.15) is 42.0 Å². The molecule has 0 saturated heterocycles. The van der Waals surface area contributed by atoms with Gasteiger partial charge in [0.2, 0.25) is 0 Å². The first-order valence-corrected chi connectivity index (χ1v) is 8.05. The van der Waals surface area contributed by atoms with Gasteiger partial charge in [-0.2, -0.15) is 5.10 Å². The van der Waals surface area contributed by atoms with Gasteiger partial charge in [-0.1, -0.05) is 13.8 Å². The topological polar surface area (TPSA) is 72.9 Å². The Kier molecular flexibility index (Phi) is 5.55. The Morgan fingerprint density at radius 2 is 1.91 bits per heavy atom. The van der Waals surface area contributed by atoms with E-state index < -0.39 is 0 Å². The van der Waals surface area contributed by atoms with E-state index in [-0.39, 0.29) is 11.9 Å². The Morgan fingerprint density at radius 1 is 1.26 bits per heavy atom. The Labute approximate surface area is 137 Å². The molecule has 0 aliphatic rings. The van der Waals surface area contributed by atoms with Crippen molar-refractivity contribution in [2.45, 2.75) is 40.2 Å². The van der Waals surface area contributed by atoms with Gasteiger partial charge in [0.05, 0.1) is 11.4 Å². The summed E-state index contributed by atoms with van der Waals surface area (Å²) < 4.78 is 1.87. The van der Waals surface area contributed by atoms with Gasteiger partial charge in [-0.25, -0.2) is 4.68 Å². The van der Waals surface area contributed by atoms with E-state index in [1.165, 1.54) is 0 Å². The SMILES string of the molecule is Cc1cc(C)n(-c2ccc(C(=O)NC(CN)CC(C)C)cc2)n1. The van der Waals surface area contributed by atoms with Crippen molar-refractivity contribution in [3.8, 4) is 5.69 Å². The van der Waals surface area contributed by atoms with E-state index in [1.807, 2.05) is 48.9 Å². The lowest BCUT2D eigenvalue weighted by Crippen LogP contribution is -2.41. The number of amides is 1. The van der Waals surface area contributed by atoms with Gasteiger partial charge < -0.3 is 11.1 Å². The Hall–Kier alpha value is -2.14. The molecule has 1 aromatic carbocycles.